The SMILES string of the molecule is CCN(C(=O)COC(=O)CCc1c[nH]c2ccccc12)C1CCS(=O)(=O)C1. The van der Waals surface area contributed by atoms with Crippen LogP contribution in [0.4, 0.5) is 0 Å². The number of benzene rings is 1. The molecule has 27 heavy (non-hydrogen) atoms. The molecular weight excluding hydrogens is 368 g/mol. The number of esters is 1. The number of nitrogens with zero attached hydrogens (tertiary/aromatic N) is 1. The first kappa shape index (κ1) is 19.4. The number of rotatable bonds is 7. The van der Waals surface area contributed by atoms with Crippen LogP contribution >= 0.6 is 0 Å². The molecule has 2 aromatic rings. The van der Waals surface area contributed by atoms with Gasteiger partial charge >= 0.3 is 5.97 Å². The van der Waals surface area contributed by atoms with Gasteiger partial charge in [0.05, 0.1) is 11.5 Å². The van der Waals surface area contributed by atoms with E-state index < -0.39 is 15.8 Å². The molecule has 0 aliphatic carbocycles. The largest absolute Gasteiger partial charge is 0.456 e. The summed E-state index contributed by atoms with van der Waals surface area (Å²) in [6.07, 6.45) is 3.02. The van der Waals surface area contributed by atoms with Crippen LogP contribution in [0, 0.1) is 0 Å². The molecule has 1 unspecified atom stereocenters. The Morgan fingerprint density at radius 2 is 2.07 bits per heavy atom. The molecule has 0 radical (unpaired) electrons. The number of likely N-dealkylation sites (N-methyl/N-ethyl adjacent to an activating group) is 1. The summed E-state index contributed by atoms with van der Waals surface area (Å²) < 4.78 is 28.3. The summed E-state index contributed by atoms with van der Waals surface area (Å²) in [6.45, 7) is 1.84. The first-order valence-corrected chi connectivity index (χ1v) is 10.9. The number of aryl methyl sites for hydroxylation is 1. The Morgan fingerprint density at radius 1 is 1.30 bits per heavy atom. The number of carbonyl (C=O) groups is 2. The Kier molecular flexibility index (Phi) is 5.84. The third-order valence-electron chi connectivity index (χ3n) is 4.94. The molecule has 2 heterocycles. The van der Waals surface area contributed by atoms with Crippen molar-refractivity contribution in [1.82, 2.24) is 9.88 Å². The average Bonchev–Trinajstić information content (AvgIpc) is 3.22. The second-order valence-electron chi connectivity index (χ2n) is 6.76. The number of amides is 1. The van der Waals surface area contributed by atoms with Crippen LogP contribution in [0.3, 0.4) is 0 Å². The number of para-hydroxylation sites is 1. The lowest BCUT2D eigenvalue weighted by atomic mass is 10.1. The van der Waals surface area contributed by atoms with Crippen LogP contribution in [-0.4, -0.2) is 60.9 Å². The van der Waals surface area contributed by atoms with Crippen molar-refractivity contribution < 1.29 is 22.7 Å². The van der Waals surface area contributed by atoms with E-state index in [2.05, 4.69) is 4.98 Å². The second-order valence-corrected chi connectivity index (χ2v) is 8.99. The number of fused-ring (bicyclic) bond motifs is 1. The van der Waals surface area contributed by atoms with E-state index in [1.807, 2.05) is 30.5 Å². The summed E-state index contributed by atoms with van der Waals surface area (Å²) in [5.74, 6) is -0.698. The topological polar surface area (TPSA) is 96.5 Å². The number of hydrogen-bond donors (Lipinski definition) is 1. The molecular formula is C19H24N2O5S. The summed E-state index contributed by atoms with van der Waals surface area (Å²) in [5.41, 5.74) is 2.04. The van der Waals surface area contributed by atoms with Crippen LogP contribution in [0.25, 0.3) is 10.9 Å². The molecule has 1 aromatic carbocycles. The molecule has 1 saturated heterocycles. The van der Waals surface area contributed by atoms with Crippen LogP contribution in [0.2, 0.25) is 0 Å². The van der Waals surface area contributed by atoms with Gasteiger partial charge in [-0.25, -0.2) is 8.42 Å². The van der Waals surface area contributed by atoms with Gasteiger partial charge in [0, 0.05) is 36.1 Å². The molecule has 8 heteroatoms. The zero-order valence-corrected chi connectivity index (χ0v) is 16.1. The lowest BCUT2D eigenvalue weighted by molar-refractivity contribution is -0.152. The predicted octanol–water partition coefficient (Wildman–Crippen LogP) is 1.68. The Morgan fingerprint density at radius 3 is 2.78 bits per heavy atom. The van der Waals surface area contributed by atoms with Crippen molar-refractivity contribution in [2.45, 2.75) is 32.2 Å². The Bertz CT molecular complexity index is 934. The molecule has 0 saturated carbocycles. The third kappa shape index (κ3) is 4.68. The van der Waals surface area contributed by atoms with E-state index in [4.69, 9.17) is 4.74 Å². The highest BCUT2D eigenvalue weighted by molar-refractivity contribution is 7.91. The standard InChI is InChI=1S/C19H24N2O5S/c1-2-21(15-9-10-27(24,25)13-15)18(22)12-26-19(23)8-7-14-11-20-17-6-4-3-5-16(14)17/h3-6,11,15,20H,2,7-10,12-13H2,1H3. The van der Waals surface area contributed by atoms with Gasteiger partial charge in [0.15, 0.2) is 16.4 Å². The van der Waals surface area contributed by atoms with E-state index in [1.54, 1.807) is 6.92 Å². The van der Waals surface area contributed by atoms with Crippen molar-refractivity contribution >= 4 is 32.6 Å². The van der Waals surface area contributed by atoms with Crippen molar-refractivity contribution in [3.8, 4) is 0 Å². The summed E-state index contributed by atoms with van der Waals surface area (Å²) in [6, 6.07) is 7.53. The number of carbonyl (C=O) groups excluding carboxylic acids is 2. The highest BCUT2D eigenvalue weighted by Crippen LogP contribution is 2.20. The number of aromatic amines is 1. The van der Waals surface area contributed by atoms with Gasteiger partial charge in [-0.1, -0.05) is 18.2 Å². The average molecular weight is 392 g/mol. The van der Waals surface area contributed by atoms with Gasteiger partial charge < -0.3 is 14.6 Å². The third-order valence-corrected chi connectivity index (χ3v) is 6.69. The Balaban J connectivity index is 1.48. The number of sulfone groups is 1. The maximum atomic E-state index is 12.3. The quantitative estimate of drug-likeness (QED) is 0.723. The summed E-state index contributed by atoms with van der Waals surface area (Å²) >= 11 is 0. The number of aromatic nitrogens is 1. The molecule has 1 aliphatic rings. The summed E-state index contributed by atoms with van der Waals surface area (Å²) in [5, 5.41) is 1.07. The minimum absolute atomic E-state index is 0.0128. The molecule has 1 N–H and O–H groups in total. The Labute approximate surface area is 158 Å². The van der Waals surface area contributed by atoms with Crippen LogP contribution in [0.5, 0.6) is 0 Å². The van der Waals surface area contributed by atoms with E-state index in [1.165, 1.54) is 4.90 Å². The molecule has 0 spiro atoms. The van der Waals surface area contributed by atoms with Gasteiger partial charge in [-0.05, 0) is 31.4 Å². The van der Waals surface area contributed by atoms with E-state index in [-0.39, 0.29) is 36.5 Å². The van der Waals surface area contributed by atoms with Crippen LogP contribution in [0.15, 0.2) is 30.5 Å². The fourth-order valence-corrected chi connectivity index (χ4v) is 5.26. The lowest BCUT2D eigenvalue weighted by Crippen LogP contribution is -2.43. The van der Waals surface area contributed by atoms with Gasteiger partial charge in [-0.3, -0.25) is 9.59 Å². The lowest BCUT2D eigenvalue weighted by Gasteiger charge is -2.26. The van der Waals surface area contributed by atoms with Crippen molar-refractivity contribution in [1.29, 1.82) is 0 Å². The van der Waals surface area contributed by atoms with Gasteiger partial charge in [0.1, 0.15) is 0 Å². The molecule has 1 aliphatic heterocycles. The second kappa shape index (κ2) is 8.12. The molecule has 1 aromatic heterocycles. The minimum atomic E-state index is -3.07. The zero-order chi connectivity index (χ0) is 19.4. The van der Waals surface area contributed by atoms with Gasteiger partial charge in [0.2, 0.25) is 0 Å². The maximum absolute atomic E-state index is 12.3. The molecule has 0 bridgehead atoms. The highest BCUT2D eigenvalue weighted by atomic mass is 32.2. The fraction of sp³-hybridized carbons (Fsp3) is 0.474. The number of ether oxygens (including phenoxy) is 1. The molecule has 146 valence electrons. The number of H-pyrrole nitrogens is 1. The number of nitrogens with one attached hydrogen (secondary N) is 1. The van der Waals surface area contributed by atoms with Crippen LogP contribution in [0.1, 0.15) is 25.3 Å². The van der Waals surface area contributed by atoms with Crippen molar-refractivity contribution in [2.24, 2.45) is 0 Å². The monoisotopic (exact) mass is 392 g/mol. The minimum Gasteiger partial charge on any atom is -0.456 e. The van der Waals surface area contributed by atoms with Crippen molar-refractivity contribution in [3.63, 3.8) is 0 Å². The molecule has 1 fully saturated rings. The highest BCUT2D eigenvalue weighted by Gasteiger charge is 2.34. The Hall–Kier alpha value is -2.35. The predicted molar refractivity (Wildman–Crippen MR) is 102 cm³/mol. The first-order chi connectivity index (χ1) is 12.9. The maximum Gasteiger partial charge on any atom is 0.306 e. The van der Waals surface area contributed by atoms with Gasteiger partial charge in [-0.2, -0.15) is 0 Å². The smallest absolute Gasteiger partial charge is 0.306 e. The zero-order valence-electron chi connectivity index (χ0n) is 15.3. The van der Waals surface area contributed by atoms with Gasteiger partial charge in [0.25, 0.3) is 5.91 Å². The first-order valence-electron chi connectivity index (χ1n) is 9.10. The van der Waals surface area contributed by atoms with Gasteiger partial charge in [-0.15, -0.1) is 0 Å². The summed E-state index contributed by atoms with van der Waals surface area (Å²) in [4.78, 5) is 29.0. The van der Waals surface area contributed by atoms with E-state index >= 15 is 0 Å². The number of hydrogen-bond acceptors (Lipinski definition) is 5. The van der Waals surface area contributed by atoms with Crippen LogP contribution < -0.4 is 0 Å². The molecule has 1 amide bonds. The fourth-order valence-electron chi connectivity index (χ4n) is 3.53. The van der Waals surface area contributed by atoms with E-state index in [0.717, 1.165) is 16.5 Å². The van der Waals surface area contributed by atoms with Crippen molar-refractivity contribution in [2.75, 3.05) is 24.7 Å². The summed E-state index contributed by atoms with van der Waals surface area (Å²) in [7, 11) is -3.07. The van der Waals surface area contributed by atoms with Crippen LogP contribution in [-0.2, 0) is 30.6 Å². The normalized spacial score (nSPS) is 18.5. The molecule has 7 nitrogen and oxygen atoms in total. The molecule has 3 rings (SSSR count). The van der Waals surface area contributed by atoms with Crippen molar-refractivity contribution in [3.05, 3.63) is 36.0 Å². The van der Waals surface area contributed by atoms with E-state index in [0.29, 0.717) is 19.4 Å². The van der Waals surface area contributed by atoms with E-state index in [9.17, 15) is 18.0 Å². The molecule has 1 atom stereocenters.